The molecule has 4 rings (SSSR count). The van der Waals surface area contributed by atoms with Gasteiger partial charge in [-0.1, -0.05) is 37.8 Å². The van der Waals surface area contributed by atoms with Crippen LogP contribution in [0.1, 0.15) is 44.9 Å². The van der Waals surface area contributed by atoms with Crippen LogP contribution in [0.2, 0.25) is 24.7 Å². The number of hydrogen-bond acceptors (Lipinski definition) is 4. The SMILES string of the molecule is C[C@@H](Oc1ccccc1)C(=O)N1Cc2c(NC(=O)C3([Si](C)(C)C)CC3)n[nH]c2C1(C)C. The van der Waals surface area contributed by atoms with Gasteiger partial charge in [0.2, 0.25) is 5.91 Å². The van der Waals surface area contributed by atoms with Crippen molar-refractivity contribution in [3.8, 4) is 5.75 Å². The highest BCUT2D eigenvalue weighted by Crippen LogP contribution is 2.61. The molecule has 2 N–H and O–H groups in total. The second-order valence-corrected chi connectivity index (χ2v) is 15.7. The number of H-pyrrole nitrogens is 1. The first-order valence-corrected chi connectivity index (χ1v) is 14.4. The Morgan fingerprint density at radius 1 is 1.19 bits per heavy atom. The molecule has 0 spiro atoms. The lowest BCUT2D eigenvalue weighted by atomic mass is 10.0. The molecule has 0 radical (unpaired) electrons. The Balaban J connectivity index is 1.51. The van der Waals surface area contributed by atoms with Crippen molar-refractivity contribution in [1.29, 1.82) is 0 Å². The van der Waals surface area contributed by atoms with Crippen molar-refractivity contribution in [2.75, 3.05) is 5.32 Å². The van der Waals surface area contributed by atoms with Crippen molar-refractivity contribution < 1.29 is 14.3 Å². The quantitative estimate of drug-likeness (QED) is 0.657. The molecule has 2 aromatic rings. The lowest BCUT2D eigenvalue weighted by molar-refractivity contribution is -0.143. The first-order chi connectivity index (χ1) is 14.5. The molecular weight excluding hydrogens is 408 g/mol. The number of aromatic amines is 1. The Morgan fingerprint density at radius 3 is 2.42 bits per heavy atom. The first-order valence-electron chi connectivity index (χ1n) is 10.9. The van der Waals surface area contributed by atoms with Crippen molar-refractivity contribution in [1.82, 2.24) is 15.1 Å². The maximum absolute atomic E-state index is 13.3. The van der Waals surface area contributed by atoms with Crippen LogP contribution in [-0.2, 0) is 21.7 Å². The van der Waals surface area contributed by atoms with E-state index in [1.807, 2.05) is 44.2 Å². The van der Waals surface area contributed by atoms with Crippen molar-refractivity contribution in [2.24, 2.45) is 0 Å². The minimum Gasteiger partial charge on any atom is -0.481 e. The number of aromatic nitrogens is 2. The van der Waals surface area contributed by atoms with E-state index in [-0.39, 0.29) is 16.9 Å². The Bertz CT molecular complexity index is 1010. The van der Waals surface area contributed by atoms with Crippen LogP contribution < -0.4 is 10.1 Å². The Labute approximate surface area is 184 Å². The number of hydrogen-bond donors (Lipinski definition) is 2. The normalized spacial score (nSPS) is 19.5. The fraction of sp³-hybridized carbons (Fsp3) is 0.522. The molecule has 7 nitrogen and oxygen atoms in total. The van der Waals surface area contributed by atoms with E-state index in [2.05, 4.69) is 35.2 Å². The van der Waals surface area contributed by atoms with Gasteiger partial charge in [-0.05, 0) is 45.7 Å². The van der Waals surface area contributed by atoms with Gasteiger partial charge in [-0.25, -0.2) is 0 Å². The predicted molar refractivity (Wildman–Crippen MR) is 123 cm³/mol. The van der Waals surface area contributed by atoms with Crippen LogP contribution in [-0.4, -0.2) is 41.1 Å². The molecule has 166 valence electrons. The number of anilines is 1. The summed E-state index contributed by atoms with van der Waals surface area (Å²) in [6.45, 7) is 12.9. The van der Waals surface area contributed by atoms with Crippen LogP contribution in [0.15, 0.2) is 30.3 Å². The maximum Gasteiger partial charge on any atom is 0.264 e. The maximum atomic E-state index is 13.3. The van der Waals surface area contributed by atoms with Crippen LogP contribution in [0.25, 0.3) is 0 Å². The monoisotopic (exact) mass is 440 g/mol. The van der Waals surface area contributed by atoms with Crippen LogP contribution in [0, 0.1) is 0 Å². The van der Waals surface area contributed by atoms with Gasteiger partial charge in [0.05, 0.1) is 25.9 Å². The largest absolute Gasteiger partial charge is 0.481 e. The van der Waals surface area contributed by atoms with Gasteiger partial charge in [0, 0.05) is 10.6 Å². The summed E-state index contributed by atoms with van der Waals surface area (Å²) in [7, 11) is -1.64. The van der Waals surface area contributed by atoms with Crippen LogP contribution in [0.4, 0.5) is 5.82 Å². The molecule has 0 bridgehead atoms. The van der Waals surface area contributed by atoms with Gasteiger partial charge in [-0.2, -0.15) is 5.10 Å². The van der Waals surface area contributed by atoms with E-state index >= 15 is 0 Å². The van der Waals surface area contributed by atoms with Crippen molar-refractivity contribution in [3.63, 3.8) is 0 Å². The molecule has 1 aliphatic carbocycles. The Kier molecular flexibility index (Phi) is 5.03. The Hall–Kier alpha value is -2.61. The molecule has 2 aliphatic rings. The predicted octanol–water partition coefficient (Wildman–Crippen LogP) is 4.27. The summed E-state index contributed by atoms with van der Waals surface area (Å²) < 4.78 is 5.86. The molecule has 1 aromatic heterocycles. The number of nitrogens with zero attached hydrogens (tertiary/aromatic N) is 2. The highest BCUT2D eigenvalue weighted by atomic mass is 28.3. The zero-order valence-corrected chi connectivity index (χ0v) is 20.2. The lowest BCUT2D eigenvalue weighted by Gasteiger charge is -2.33. The molecular formula is C23H32N4O3Si. The molecule has 1 fully saturated rings. The summed E-state index contributed by atoms with van der Waals surface area (Å²) in [6, 6.07) is 9.35. The van der Waals surface area contributed by atoms with E-state index < -0.39 is 19.7 Å². The van der Waals surface area contributed by atoms with Crippen LogP contribution >= 0.6 is 0 Å². The molecule has 8 heteroatoms. The molecule has 1 atom stereocenters. The number of fused-ring (bicyclic) bond motifs is 1. The molecule has 0 unspecified atom stereocenters. The zero-order chi connectivity index (χ0) is 22.6. The smallest absolute Gasteiger partial charge is 0.264 e. The van der Waals surface area contributed by atoms with E-state index in [9.17, 15) is 9.59 Å². The second-order valence-electron chi connectivity index (χ2n) is 10.3. The number of nitrogens with one attached hydrogen (secondary N) is 2. The molecule has 2 amide bonds. The number of para-hydroxylation sites is 1. The molecule has 31 heavy (non-hydrogen) atoms. The van der Waals surface area contributed by atoms with Gasteiger partial charge in [0.1, 0.15) is 5.75 Å². The highest BCUT2D eigenvalue weighted by Gasteiger charge is 2.59. The number of carbonyl (C=O) groups is 2. The summed E-state index contributed by atoms with van der Waals surface area (Å²) >= 11 is 0. The average molecular weight is 441 g/mol. The summed E-state index contributed by atoms with van der Waals surface area (Å²) in [5.74, 6) is 1.18. The van der Waals surface area contributed by atoms with Gasteiger partial charge in [-0.3, -0.25) is 14.7 Å². The van der Waals surface area contributed by atoms with Gasteiger partial charge >= 0.3 is 0 Å². The first kappa shape index (κ1) is 21.6. The Morgan fingerprint density at radius 2 is 1.84 bits per heavy atom. The highest BCUT2D eigenvalue weighted by molar-refractivity contribution is 6.83. The van der Waals surface area contributed by atoms with Gasteiger partial charge < -0.3 is 15.0 Å². The summed E-state index contributed by atoms with van der Waals surface area (Å²) in [4.78, 5) is 28.1. The van der Waals surface area contributed by atoms with Gasteiger partial charge in [0.25, 0.3) is 5.91 Å². The van der Waals surface area contributed by atoms with Crippen LogP contribution in [0.3, 0.4) is 0 Å². The fourth-order valence-corrected chi connectivity index (χ4v) is 6.98. The van der Waals surface area contributed by atoms with Crippen molar-refractivity contribution >= 4 is 25.7 Å². The summed E-state index contributed by atoms with van der Waals surface area (Å²) in [6.07, 6.45) is 1.27. The number of rotatable bonds is 6. The van der Waals surface area contributed by atoms with E-state index in [0.29, 0.717) is 18.1 Å². The van der Waals surface area contributed by atoms with E-state index in [1.165, 1.54) is 0 Å². The molecule has 1 aromatic carbocycles. The number of benzene rings is 1. The van der Waals surface area contributed by atoms with Crippen molar-refractivity contribution in [3.05, 3.63) is 41.6 Å². The van der Waals surface area contributed by atoms with Gasteiger partial charge in [-0.15, -0.1) is 0 Å². The number of amides is 2. The lowest BCUT2D eigenvalue weighted by Crippen LogP contribution is -2.46. The van der Waals surface area contributed by atoms with Crippen LogP contribution in [0.5, 0.6) is 5.75 Å². The molecule has 1 saturated carbocycles. The second kappa shape index (κ2) is 7.22. The minimum atomic E-state index is -1.64. The minimum absolute atomic E-state index is 0.0735. The number of carbonyl (C=O) groups excluding carboxylic acids is 2. The third-order valence-corrected chi connectivity index (χ3v) is 10.6. The standard InChI is InChI=1S/C23H32N4O3Si/c1-15(30-16-10-8-7-9-11-16)20(28)27-14-17-18(22(27,2)3)25-26-19(17)24-21(29)23(12-13-23)31(4,5)6/h7-11,15H,12-14H2,1-6H3,(H2,24,25,26,29)/t15-/m1/s1. The average Bonchev–Trinajstić information content (AvgIpc) is 3.37. The van der Waals surface area contributed by atoms with Gasteiger partial charge in [0.15, 0.2) is 11.9 Å². The summed E-state index contributed by atoms with van der Waals surface area (Å²) in [5.41, 5.74) is 1.16. The third kappa shape index (κ3) is 3.56. The van der Waals surface area contributed by atoms with E-state index in [1.54, 1.807) is 11.8 Å². The molecule has 2 heterocycles. The van der Waals surface area contributed by atoms with E-state index in [4.69, 9.17) is 4.74 Å². The van der Waals surface area contributed by atoms with E-state index in [0.717, 1.165) is 24.1 Å². The third-order valence-electron chi connectivity index (χ3n) is 6.99. The summed E-state index contributed by atoms with van der Waals surface area (Å²) in [5, 5.41) is 10.3. The molecule has 0 saturated heterocycles. The zero-order valence-electron chi connectivity index (χ0n) is 19.2. The van der Waals surface area contributed by atoms with Crippen molar-refractivity contribution in [2.45, 2.75) is 76.5 Å². The fourth-order valence-electron chi connectivity index (χ4n) is 4.62. The number of ether oxygens (including phenoxy) is 1. The molecule has 1 aliphatic heterocycles. The topological polar surface area (TPSA) is 87.3 Å².